The van der Waals surface area contributed by atoms with Crippen molar-refractivity contribution >= 4 is 10.9 Å². The summed E-state index contributed by atoms with van der Waals surface area (Å²) in [6.45, 7) is 0. The fourth-order valence-corrected chi connectivity index (χ4v) is 2.42. The van der Waals surface area contributed by atoms with Crippen molar-refractivity contribution in [1.29, 1.82) is 0 Å². The Bertz CT molecular complexity index is 824. The van der Waals surface area contributed by atoms with Gasteiger partial charge in [-0.3, -0.25) is 4.79 Å². The zero-order valence-corrected chi connectivity index (χ0v) is 11.8. The normalized spacial score (nSPS) is 10.7. The summed E-state index contributed by atoms with van der Waals surface area (Å²) in [5.41, 5.74) is 1.75. The second-order valence-electron chi connectivity index (χ2n) is 4.84. The van der Waals surface area contributed by atoms with Crippen LogP contribution in [0.25, 0.3) is 10.9 Å². The van der Waals surface area contributed by atoms with Gasteiger partial charge in [0.25, 0.3) is 5.56 Å². The number of aryl methyl sites for hydroxylation is 2. The molecule has 0 spiro atoms. The summed E-state index contributed by atoms with van der Waals surface area (Å²) in [4.78, 5) is 19.4. The van der Waals surface area contributed by atoms with Crippen LogP contribution in [0.4, 0.5) is 0 Å². The van der Waals surface area contributed by atoms with E-state index in [-0.39, 0.29) is 5.56 Å². The van der Waals surface area contributed by atoms with Crippen LogP contribution < -0.4 is 10.3 Å². The largest absolute Gasteiger partial charge is 0.496 e. The molecule has 0 aliphatic carbocycles. The first kappa shape index (κ1) is 13.4. The van der Waals surface area contributed by atoms with Gasteiger partial charge < -0.3 is 9.72 Å². The molecule has 3 rings (SSSR count). The lowest BCUT2D eigenvalue weighted by Crippen LogP contribution is -2.12. The van der Waals surface area contributed by atoms with Crippen molar-refractivity contribution in [3.05, 3.63) is 70.3 Å². The second-order valence-corrected chi connectivity index (χ2v) is 4.84. The molecule has 4 nitrogen and oxygen atoms in total. The average Bonchev–Trinajstić information content (AvgIpc) is 2.53. The Morgan fingerprint density at radius 1 is 1.05 bits per heavy atom. The molecule has 0 radical (unpaired) electrons. The minimum atomic E-state index is -0.0874. The van der Waals surface area contributed by atoms with Crippen molar-refractivity contribution in [3.63, 3.8) is 0 Å². The summed E-state index contributed by atoms with van der Waals surface area (Å²) in [6.07, 6.45) is 1.44. The molecule has 3 aromatic rings. The van der Waals surface area contributed by atoms with Gasteiger partial charge in [-0.1, -0.05) is 30.3 Å². The molecule has 0 unspecified atom stereocenters. The fourth-order valence-electron chi connectivity index (χ4n) is 2.42. The lowest BCUT2D eigenvalue weighted by Gasteiger charge is -2.08. The van der Waals surface area contributed by atoms with Crippen LogP contribution in [0.2, 0.25) is 0 Å². The minimum absolute atomic E-state index is 0.0874. The molecule has 0 bridgehead atoms. The number of benzene rings is 2. The number of hydrogen-bond acceptors (Lipinski definition) is 3. The van der Waals surface area contributed by atoms with E-state index < -0.39 is 0 Å². The molecular weight excluding hydrogens is 264 g/mol. The Hall–Kier alpha value is -2.62. The number of aromatic amines is 1. The van der Waals surface area contributed by atoms with Crippen LogP contribution in [-0.2, 0) is 12.8 Å². The van der Waals surface area contributed by atoms with E-state index in [0.717, 1.165) is 23.3 Å². The number of nitrogens with one attached hydrogen (secondary N) is 1. The standard InChI is InChI=1S/C17H16N2O2/c1-21-15-9-5-2-6-12(15)10-11-16-18-14-8-4-3-7-13(14)17(20)19-16/h2-9H,10-11H2,1H3,(H,18,19,20). The van der Waals surface area contributed by atoms with Crippen molar-refractivity contribution in [3.8, 4) is 5.75 Å². The topological polar surface area (TPSA) is 55.0 Å². The van der Waals surface area contributed by atoms with Crippen LogP contribution in [0, 0.1) is 0 Å². The number of H-pyrrole nitrogens is 1. The number of hydrogen-bond donors (Lipinski definition) is 1. The monoisotopic (exact) mass is 280 g/mol. The fraction of sp³-hybridized carbons (Fsp3) is 0.176. The second kappa shape index (κ2) is 5.79. The quantitative estimate of drug-likeness (QED) is 0.799. The summed E-state index contributed by atoms with van der Waals surface area (Å²) in [5, 5.41) is 0.624. The Labute approximate surface area is 122 Å². The number of para-hydroxylation sites is 2. The van der Waals surface area contributed by atoms with Gasteiger partial charge in [-0.15, -0.1) is 0 Å². The molecule has 0 amide bonds. The third kappa shape index (κ3) is 2.79. The summed E-state index contributed by atoms with van der Waals surface area (Å²) < 4.78 is 5.34. The van der Waals surface area contributed by atoms with Crippen molar-refractivity contribution in [2.24, 2.45) is 0 Å². The SMILES string of the molecule is COc1ccccc1CCc1nc2ccccc2c(=O)[nH]1. The van der Waals surface area contributed by atoms with E-state index in [9.17, 15) is 4.79 Å². The van der Waals surface area contributed by atoms with Crippen LogP contribution in [0.15, 0.2) is 53.3 Å². The van der Waals surface area contributed by atoms with Gasteiger partial charge in [0.2, 0.25) is 0 Å². The molecule has 21 heavy (non-hydrogen) atoms. The maximum absolute atomic E-state index is 12.0. The van der Waals surface area contributed by atoms with Crippen molar-refractivity contribution < 1.29 is 4.74 Å². The van der Waals surface area contributed by atoms with E-state index in [1.807, 2.05) is 42.5 Å². The first-order valence-corrected chi connectivity index (χ1v) is 6.88. The number of rotatable bonds is 4. The van der Waals surface area contributed by atoms with Gasteiger partial charge in [-0.05, 0) is 30.2 Å². The van der Waals surface area contributed by atoms with Crippen molar-refractivity contribution in [2.75, 3.05) is 7.11 Å². The Morgan fingerprint density at radius 2 is 1.81 bits per heavy atom. The lowest BCUT2D eigenvalue weighted by atomic mass is 10.1. The molecule has 1 N–H and O–H groups in total. The molecule has 0 atom stereocenters. The molecule has 106 valence electrons. The van der Waals surface area contributed by atoms with Crippen LogP contribution in [0.1, 0.15) is 11.4 Å². The highest BCUT2D eigenvalue weighted by molar-refractivity contribution is 5.77. The van der Waals surface area contributed by atoms with Crippen molar-refractivity contribution in [2.45, 2.75) is 12.8 Å². The number of aromatic nitrogens is 2. The van der Waals surface area contributed by atoms with Crippen LogP contribution in [0.3, 0.4) is 0 Å². The molecule has 0 saturated heterocycles. The highest BCUT2D eigenvalue weighted by Crippen LogP contribution is 2.18. The van der Waals surface area contributed by atoms with E-state index in [2.05, 4.69) is 9.97 Å². The molecular formula is C17H16N2O2. The van der Waals surface area contributed by atoms with Gasteiger partial charge in [0.05, 0.1) is 18.0 Å². The Kier molecular flexibility index (Phi) is 3.69. The van der Waals surface area contributed by atoms with Gasteiger partial charge in [0.1, 0.15) is 11.6 Å². The van der Waals surface area contributed by atoms with Gasteiger partial charge in [0.15, 0.2) is 0 Å². The molecule has 4 heteroatoms. The summed E-state index contributed by atoms with van der Waals surface area (Å²) in [5.74, 6) is 1.56. The van der Waals surface area contributed by atoms with Crippen LogP contribution in [0.5, 0.6) is 5.75 Å². The molecule has 1 heterocycles. The first-order chi connectivity index (χ1) is 10.3. The van der Waals surface area contributed by atoms with Crippen LogP contribution >= 0.6 is 0 Å². The predicted molar refractivity (Wildman–Crippen MR) is 82.8 cm³/mol. The third-order valence-electron chi connectivity index (χ3n) is 3.49. The smallest absolute Gasteiger partial charge is 0.258 e. The zero-order chi connectivity index (χ0) is 14.7. The summed E-state index contributed by atoms with van der Waals surface area (Å²) in [6, 6.07) is 15.3. The molecule has 2 aromatic carbocycles. The predicted octanol–water partition coefficient (Wildman–Crippen LogP) is 2.72. The minimum Gasteiger partial charge on any atom is -0.496 e. The Balaban J connectivity index is 1.87. The van der Waals surface area contributed by atoms with Gasteiger partial charge in [-0.2, -0.15) is 0 Å². The maximum Gasteiger partial charge on any atom is 0.258 e. The van der Waals surface area contributed by atoms with Gasteiger partial charge in [0, 0.05) is 6.42 Å². The van der Waals surface area contributed by atoms with E-state index in [1.54, 1.807) is 13.2 Å². The number of fused-ring (bicyclic) bond motifs is 1. The maximum atomic E-state index is 12.0. The first-order valence-electron chi connectivity index (χ1n) is 6.88. The molecule has 0 aliphatic heterocycles. The van der Waals surface area contributed by atoms with E-state index in [0.29, 0.717) is 17.6 Å². The number of methoxy groups -OCH3 is 1. The van der Waals surface area contributed by atoms with Crippen molar-refractivity contribution in [1.82, 2.24) is 9.97 Å². The Morgan fingerprint density at radius 3 is 2.67 bits per heavy atom. The van der Waals surface area contributed by atoms with E-state index >= 15 is 0 Å². The summed E-state index contributed by atoms with van der Waals surface area (Å²) >= 11 is 0. The lowest BCUT2D eigenvalue weighted by molar-refractivity contribution is 0.409. The third-order valence-corrected chi connectivity index (χ3v) is 3.49. The van der Waals surface area contributed by atoms with E-state index in [4.69, 9.17) is 4.74 Å². The highest BCUT2D eigenvalue weighted by atomic mass is 16.5. The highest BCUT2D eigenvalue weighted by Gasteiger charge is 2.06. The summed E-state index contributed by atoms with van der Waals surface area (Å²) in [7, 11) is 1.66. The number of nitrogens with zero attached hydrogens (tertiary/aromatic N) is 1. The number of ether oxygens (including phenoxy) is 1. The molecule has 1 aromatic heterocycles. The van der Waals surface area contributed by atoms with Gasteiger partial charge >= 0.3 is 0 Å². The molecule has 0 saturated carbocycles. The van der Waals surface area contributed by atoms with E-state index in [1.165, 1.54) is 0 Å². The zero-order valence-electron chi connectivity index (χ0n) is 11.8. The average molecular weight is 280 g/mol. The molecule has 0 aliphatic rings. The molecule has 0 fully saturated rings. The van der Waals surface area contributed by atoms with Crippen LogP contribution in [-0.4, -0.2) is 17.1 Å². The van der Waals surface area contributed by atoms with Gasteiger partial charge in [-0.25, -0.2) is 4.98 Å².